The van der Waals surface area contributed by atoms with Crippen LogP contribution in [-0.2, 0) is 0 Å². The zero-order valence-corrected chi connectivity index (χ0v) is 11.7. The molecular formula is C16H19FN2O. The molecule has 1 atom stereocenters. The number of nitrogens with one attached hydrogen (secondary N) is 1. The van der Waals surface area contributed by atoms with Crippen molar-refractivity contribution >= 4 is 0 Å². The Morgan fingerprint density at radius 1 is 1.25 bits per heavy atom. The van der Waals surface area contributed by atoms with E-state index in [1.807, 2.05) is 37.3 Å². The fourth-order valence-electron chi connectivity index (χ4n) is 2.21. The summed E-state index contributed by atoms with van der Waals surface area (Å²) in [6, 6.07) is 12.4. The number of hydrogen-bond acceptors (Lipinski definition) is 3. The highest BCUT2D eigenvalue weighted by atomic mass is 19.1. The topological polar surface area (TPSA) is 47.3 Å². The van der Waals surface area contributed by atoms with E-state index in [9.17, 15) is 4.39 Å². The largest absolute Gasteiger partial charge is 0.494 e. The quantitative estimate of drug-likeness (QED) is 0.650. The summed E-state index contributed by atoms with van der Waals surface area (Å²) in [6.07, 6.45) is 0. The summed E-state index contributed by atoms with van der Waals surface area (Å²) in [4.78, 5) is 0. The van der Waals surface area contributed by atoms with Crippen LogP contribution in [0.2, 0.25) is 0 Å². The average Bonchev–Trinajstić information content (AvgIpc) is 2.45. The zero-order chi connectivity index (χ0) is 14.5. The van der Waals surface area contributed by atoms with Crippen LogP contribution in [0.4, 0.5) is 4.39 Å². The van der Waals surface area contributed by atoms with E-state index in [0.29, 0.717) is 17.7 Å². The lowest BCUT2D eigenvalue weighted by molar-refractivity contribution is 0.339. The number of rotatable bonds is 5. The standard InChI is InChI=1S/C16H19FN2O/c1-3-20-13-8-5-7-12(10-13)16(19-18)14-9-4-6-11(2)15(14)17/h4-10,16,19H,3,18H2,1-2H3. The molecule has 0 radical (unpaired) electrons. The summed E-state index contributed by atoms with van der Waals surface area (Å²) in [6.45, 7) is 4.25. The van der Waals surface area contributed by atoms with Gasteiger partial charge in [-0.05, 0) is 37.1 Å². The summed E-state index contributed by atoms with van der Waals surface area (Å²) < 4.78 is 19.7. The van der Waals surface area contributed by atoms with E-state index in [2.05, 4.69) is 5.43 Å². The van der Waals surface area contributed by atoms with Crippen molar-refractivity contribution in [3.8, 4) is 5.75 Å². The Morgan fingerprint density at radius 3 is 2.70 bits per heavy atom. The van der Waals surface area contributed by atoms with Crippen LogP contribution >= 0.6 is 0 Å². The molecule has 1 unspecified atom stereocenters. The van der Waals surface area contributed by atoms with Gasteiger partial charge in [-0.3, -0.25) is 5.84 Å². The smallest absolute Gasteiger partial charge is 0.131 e. The number of halogens is 1. The van der Waals surface area contributed by atoms with Gasteiger partial charge >= 0.3 is 0 Å². The molecule has 20 heavy (non-hydrogen) atoms. The Balaban J connectivity index is 2.41. The normalized spacial score (nSPS) is 12.2. The summed E-state index contributed by atoms with van der Waals surface area (Å²) >= 11 is 0. The highest BCUT2D eigenvalue weighted by molar-refractivity contribution is 5.38. The predicted octanol–water partition coefficient (Wildman–Crippen LogP) is 3.09. The van der Waals surface area contributed by atoms with E-state index in [1.165, 1.54) is 0 Å². The van der Waals surface area contributed by atoms with E-state index in [1.54, 1.807) is 19.1 Å². The number of aryl methyl sites for hydroxylation is 1. The van der Waals surface area contributed by atoms with E-state index in [-0.39, 0.29) is 5.82 Å². The SMILES string of the molecule is CCOc1cccc(C(NN)c2cccc(C)c2F)c1. The second-order valence-electron chi connectivity index (χ2n) is 4.58. The summed E-state index contributed by atoms with van der Waals surface area (Å²) in [7, 11) is 0. The van der Waals surface area contributed by atoms with Gasteiger partial charge < -0.3 is 4.74 Å². The Kier molecular flexibility index (Phi) is 4.71. The van der Waals surface area contributed by atoms with E-state index < -0.39 is 6.04 Å². The van der Waals surface area contributed by atoms with Gasteiger partial charge in [0.1, 0.15) is 11.6 Å². The molecule has 0 aromatic heterocycles. The minimum absolute atomic E-state index is 0.239. The van der Waals surface area contributed by atoms with Crippen molar-refractivity contribution < 1.29 is 9.13 Å². The molecular weight excluding hydrogens is 255 g/mol. The minimum Gasteiger partial charge on any atom is -0.494 e. The van der Waals surface area contributed by atoms with Crippen LogP contribution in [0.15, 0.2) is 42.5 Å². The van der Waals surface area contributed by atoms with E-state index in [4.69, 9.17) is 10.6 Å². The molecule has 0 fully saturated rings. The Labute approximate surface area is 118 Å². The highest BCUT2D eigenvalue weighted by Crippen LogP contribution is 2.27. The maximum absolute atomic E-state index is 14.2. The molecule has 2 aromatic carbocycles. The van der Waals surface area contributed by atoms with Crippen LogP contribution in [0.3, 0.4) is 0 Å². The molecule has 0 saturated carbocycles. The summed E-state index contributed by atoms with van der Waals surface area (Å²) in [5.41, 5.74) is 4.67. The van der Waals surface area contributed by atoms with Crippen molar-refractivity contribution in [3.05, 3.63) is 65.0 Å². The Morgan fingerprint density at radius 2 is 2.00 bits per heavy atom. The number of ether oxygens (including phenoxy) is 1. The fraction of sp³-hybridized carbons (Fsp3) is 0.250. The number of nitrogens with two attached hydrogens (primary N) is 1. The van der Waals surface area contributed by atoms with Crippen LogP contribution < -0.4 is 16.0 Å². The highest BCUT2D eigenvalue weighted by Gasteiger charge is 2.18. The third kappa shape index (κ3) is 2.98. The van der Waals surface area contributed by atoms with Gasteiger partial charge in [-0.2, -0.15) is 0 Å². The summed E-state index contributed by atoms with van der Waals surface area (Å²) in [5, 5.41) is 0. The van der Waals surface area contributed by atoms with Crippen molar-refractivity contribution in [2.24, 2.45) is 5.84 Å². The molecule has 0 aliphatic carbocycles. The van der Waals surface area contributed by atoms with Crippen molar-refractivity contribution in [2.45, 2.75) is 19.9 Å². The molecule has 3 nitrogen and oxygen atoms in total. The summed E-state index contributed by atoms with van der Waals surface area (Å²) in [5.74, 6) is 6.13. The zero-order valence-electron chi connectivity index (χ0n) is 11.7. The molecule has 0 amide bonds. The van der Waals surface area contributed by atoms with Crippen LogP contribution in [0.5, 0.6) is 5.75 Å². The first-order valence-electron chi connectivity index (χ1n) is 6.61. The van der Waals surface area contributed by atoms with Gasteiger partial charge in [-0.15, -0.1) is 0 Å². The molecule has 0 bridgehead atoms. The van der Waals surface area contributed by atoms with Gasteiger partial charge in [0.2, 0.25) is 0 Å². The van der Waals surface area contributed by atoms with Crippen LogP contribution in [0.25, 0.3) is 0 Å². The van der Waals surface area contributed by atoms with Gasteiger partial charge in [-0.25, -0.2) is 9.82 Å². The molecule has 0 saturated heterocycles. The molecule has 0 aliphatic rings. The first-order chi connectivity index (χ1) is 9.67. The number of benzene rings is 2. The van der Waals surface area contributed by atoms with Crippen LogP contribution in [0.1, 0.15) is 29.7 Å². The van der Waals surface area contributed by atoms with Gasteiger partial charge in [0.05, 0.1) is 12.6 Å². The minimum atomic E-state index is -0.407. The third-order valence-electron chi connectivity index (χ3n) is 3.20. The van der Waals surface area contributed by atoms with E-state index >= 15 is 0 Å². The maximum atomic E-state index is 14.2. The Bertz CT molecular complexity index is 586. The Hall–Kier alpha value is -1.91. The van der Waals surface area contributed by atoms with Gasteiger partial charge in [0.15, 0.2) is 0 Å². The molecule has 106 valence electrons. The van der Waals surface area contributed by atoms with Gasteiger partial charge in [-0.1, -0.05) is 30.3 Å². The van der Waals surface area contributed by atoms with Crippen molar-refractivity contribution in [3.63, 3.8) is 0 Å². The van der Waals surface area contributed by atoms with Crippen molar-refractivity contribution in [2.75, 3.05) is 6.61 Å². The first-order valence-corrected chi connectivity index (χ1v) is 6.61. The van der Waals surface area contributed by atoms with Gasteiger partial charge in [0.25, 0.3) is 0 Å². The third-order valence-corrected chi connectivity index (χ3v) is 3.20. The van der Waals surface area contributed by atoms with Gasteiger partial charge in [0, 0.05) is 5.56 Å². The lowest BCUT2D eigenvalue weighted by Gasteiger charge is -2.19. The second-order valence-corrected chi connectivity index (χ2v) is 4.58. The van der Waals surface area contributed by atoms with E-state index in [0.717, 1.165) is 11.3 Å². The van der Waals surface area contributed by atoms with Crippen molar-refractivity contribution in [1.82, 2.24) is 5.43 Å². The molecule has 2 aromatic rings. The lowest BCUT2D eigenvalue weighted by Crippen LogP contribution is -2.29. The second kappa shape index (κ2) is 6.50. The van der Waals surface area contributed by atoms with Crippen LogP contribution in [0, 0.1) is 12.7 Å². The first kappa shape index (κ1) is 14.5. The molecule has 2 rings (SSSR count). The number of hydrogen-bond donors (Lipinski definition) is 2. The maximum Gasteiger partial charge on any atom is 0.131 e. The van der Waals surface area contributed by atoms with Crippen molar-refractivity contribution in [1.29, 1.82) is 0 Å². The average molecular weight is 274 g/mol. The fourth-order valence-corrected chi connectivity index (χ4v) is 2.21. The monoisotopic (exact) mass is 274 g/mol. The predicted molar refractivity (Wildman–Crippen MR) is 77.9 cm³/mol. The molecule has 4 heteroatoms. The molecule has 0 aliphatic heterocycles. The van der Waals surface area contributed by atoms with Crippen LogP contribution in [-0.4, -0.2) is 6.61 Å². The molecule has 3 N–H and O–H groups in total. The molecule has 0 spiro atoms. The number of hydrazine groups is 1. The lowest BCUT2D eigenvalue weighted by atomic mass is 9.97. The molecule has 0 heterocycles.